The molecule has 2 aliphatic carbocycles. The van der Waals surface area contributed by atoms with Crippen molar-refractivity contribution in [3.8, 4) is 0 Å². The highest BCUT2D eigenvalue weighted by Gasteiger charge is 2.61. The number of halogens is 1. The normalized spacial score (nSPS) is 26.5. The molecule has 0 bridgehead atoms. The second kappa shape index (κ2) is 5.67. The van der Waals surface area contributed by atoms with Crippen LogP contribution in [0.25, 0.3) is 0 Å². The molecule has 1 saturated carbocycles. The first-order valence-corrected chi connectivity index (χ1v) is 7.81. The molecule has 2 aromatic rings. The van der Waals surface area contributed by atoms with Crippen LogP contribution in [-0.2, 0) is 18.3 Å². The lowest BCUT2D eigenvalue weighted by Crippen LogP contribution is -2.24. The summed E-state index contributed by atoms with van der Waals surface area (Å²) in [6.45, 7) is 2.13. The molecule has 1 spiro atoms. The fraction of sp³-hybridized carbons (Fsp3) is 0.529. The molecular weight excluding hydrogens is 298 g/mol. The predicted octanol–water partition coefficient (Wildman–Crippen LogP) is 3.01. The SMILES string of the molecule is CNC(C)Cc1noc(C2CC23CCc2ccccc23)n1.Cl. The van der Waals surface area contributed by atoms with Gasteiger partial charge in [-0.05, 0) is 44.4 Å². The standard InChI is InChI=1S/C17H21N3O.ClH/c1-11(18-2)9-15-19-16(21-20-15)14-10-17(14)8-7-12-5-3-4-6-13(12)17;/h3-6,11,14,18H,7-10H2,1-2H3;1H. The highest BCUT2D eigenvalue weighted by Crippen LogP contribution is 2.65. The number of hydrogen-bond donors (Lipinski definition) is 1. The molecule has 1 aromatic carbocycles. The largest absolute Gasteiger partial charge is 0.339 e. The maximum atomic E-state index is 5.55. The molecule has 0 amide bonds. The molecule has 3 atom stereocenters. The molecule has 0 aliphatic heterocycles. The van der Waals surface area contributed by atoms with Crippen LogP contribution in [0.2, 0.25) is 0 Å². The van der Waals surface area contributed by atoms with E-state index in [9.17, 15) is 0 Å². The van der Waals surface area contributed by atoms with E-state index in [4.69, 9.17) is 4.52 Å². The second-order valence-corrected chi connectivity index (χ2v) is 6.51. The molecule has 118 valence electrons. The van der Waals surface area contributed by atoms with Gasteiger partial charge in [-0.1, -0.05) is 29.4 Å². The van der Waals surface area contributed by atoms with Gasteiger partial charge in [0.1, 0.15) is 0 Å². The molecule has 22 heavy (non-hydrogen) atoms. The molecule has 0 radical (unpaired) electrons. The first-order chi connectivity index (χ1) is 10.2. The van der Waals surface area contributed by atoms with Crippen molar-refractivity contribution in [2.45, 2.75) is 50.0 Å². The summed E-state index contributed by atoms with van der Waals surface area (Å²) in [5, 5.41) is 7.36. The van der Waals surface area contributed by atoms with Gasteiger partial charge in [-0.15, -0.1) is 12.4 Å². The van der Waals surface area contributed by atoms with Crippen LogP contribution in [0.5, 0.6) is 0 Å². The number of fused-ring (bicyclic) bond motifs is 2. The monoisotopic (exact) mass is 319 g/mol. The number of nitrogens with zero attached hydrogens (tertiary/aromatic N) is 2. The van der Waals surface area contributed by atoms with Gasteiger partial charge in [0.2, 0.25) is 5.89 Å². The lowest BCUT2D eigenvalue weighted by molar-refractivity contribution is 0.365. The van der Waals surface area contributed by atoms with Gasteiger partial charge in [0, 0.05) is 23.8 Å². The average molecular weight is 320 g/mol. The van der Waals surface area contributed by atoms with Crippen LogP contribution in [0.1, 0.15) is 48.5 Å². The van der Waals surface area contributed by atoms with Crippen LogP contribution < -0.4 is 5.32 Å². The second-order valence-electron chi connectivity index (χ2n) is 6.51. The summed E-state index contributed by atoms with van der Waals surface area (Å²) in [4.78, 5) is 4.63. The minimum Gasteiger partial charge on any atom is -0.339 e. The molecule has 0 saturated heterocycles. The number of aryl methyl sites for hydroxylation is 1. The van der Waals surface area contributed by atoms with Crippen molar-refractivity contribution in [3.63, 3.8) is 0 Å². The van der Waals surface area contributed by atoms with Gasteiger partial charge in [-0.2, -0.15) is 4.98 Å². The fourth-order valence-electron chi connectivity index (χ4n) is 3.79. The molecule has 1 N–H and O–H groups in total. The molecule has 3 unspecified atom stereocenters. The van der Waals surface area contributed by atoms with Gasteiger partial charge in [0.05, 0.1) is 0 Å². The lowest BCUT2D eigenvalue weighted by atomic mass is 9.95. The summed E-state index contributed by atoms with van der Waals surface area (Å²) in [6.07, 6.45) is 4.38. The van der Waals surface area contributed by atoms with Crippen molar-refractivity contribution in [2.24, 2.45) is 0 Å². The van der Waals surface area contributed by atoms with Gasteiger partial charge in [0.15, 0.2) is 5.82 Å². The van der Waals surface area contributed by atoms with Crippen molar-refractivity contribution in [3.05, 3.63) is 47.1 Å². The quantitative estimate of drug-likeness (QED) is 0.941. The van der Waals surface area contributed by atoms with E-state index in [0.717, 1.165) is 24.6 Å². The smallest absolute Gasteiger partial charge is 0.230 e. The summed E-state index contributed by atoms with van der Waals surface area (Å²) >= 11 is 0. The zero-order valence-electron chi connectivity index (χ0n) is 13.0. The van der Waals surface area contributed by atoms with Crippen LogP contribution in [0.4, 0.5) is 0 Å². The van der Waals surface area contributed by atoms with Gasteiger partial charge < -0.3 is 9.84 Å². The number of nitrogens with one attached hydrogen (secondary N) is 1. The summed E-state index contributed by atoms with van der Waals surface area (Å²) in [6, 6.07) is 9.19. The van der Waals surface area contributed by atoms with E-state index in [1.165, 1.54) is 24.0 Å². The van der Waals surface area contributed by atoms with Crippen LogP contribution in [-0.4, -0.2) is 23.2 Å². The third kappa shape index (κ3) is 2.34. The molecule has 4 nitrogen and oxygen atoms in total. The lowest BCUT2D eigenvalue weighted by Gasteiger charge is -2.09. The van der Waals surface area contributed by atoms with Crippen LogP contribution >= 0.6 is 12.4 Å². The van der Waals surface area contributed by atoms with E-state index < -0.39 is 0 Å². The Morgan fingerprint density at radius 3 is 3.05 bits per heavy atom. The Hall–Kier alpha value is -1.39. The summed E-state index contributed by atoms with van der Waals surface area (Å²) in [7, 11) is 1.96. The number of rotatable bonds is 4. The molecule has 2 aliphatic rings. The molecule has 1 heterocycles. The van der Waals surface area contributed by atoms with Crippen molar-refractivity contribution < 1.29 is 4.52 Å². The number of likely N-dealkylation sites (N-methyl/N-ethyl adjacent to an activating group) is 1. The summed E-state index contributed by atoms with van der Waals surface area (Å²) in [5.74, 6) is 2.08. The summed E-state index contributed by atoms with van der Waals surface area (Å²) < 4.78 is 5.55. The first-order valence-electron chi connectivity index (χ1n) is 7.81. The number of aromatic nitrogens is 2. The maximum absolute atomic E-state index is 5.55. The van der Waals surface area contributed by atoms with Gasteiger partial charge in [0.25, 0.3) is 0 Å². The topological polar surface area (TPSA) is 51.0 Å². The van der Waals surface area contributed by atoms with E-state index in [1.54, 1.807) is 0 Å². The van der Waals surface area contributed by atoms with Crippen molar-refractivity contribution >= 4 is 12.4 Å². The predicted molar refractivity (Wildman–Crippen MR) is 87.6 cm³/mol. The van der Waals surface area contributed by atoms with Crippen LogP contribution in [0, 0.1) is 0 Å². The Kier molecular flexibility index (Phi) is 4.00. The van der Waals surface area contributed by atoms with Crippen LogP contribution in [0.3, 0.4) is 0 Å². The Labute approximate surface area is 137 Å². The van der Waals surface area contributed by atoms with Gasteiger partial charge in [-0.25, -0.2) is 0 Å². The van der Waals surface area contributed by atoms with Crippen molar-refractivity contribution in [1.29, 1.82) is 0 Å². The zero-order chi connectivity index (χ0) is 14.4. The molecule has 4 rings (SSSR count). The maximum Gasteiger partial charge on any atom is 0.230 e. The van der Waals surface area contributed by atoms with Crippen LogP contribution in [0.15, 0.2) is 28.8 Å². The fourth-order valence-corrected chi connectivity index (χ4v) is 3.79. The van der Waals surface area contributed by atoms with Gasteiger partial charge >= 0.3 is 0 Å². The average Bonchev–Trinajstić information content (AvgIpc) is 2.86. The molecule has 1 aromatic heterocycles. The van der Waals surface area contributed by atoms with E-state index >= 15 is 0 Å². The number of hydrogen-bond acceptors (Lipinski definition) is 4. The number of benzene rings is 1. The van der Waals surface area contributed by atoms with Crippen molar-refractivity contribution in [2.75, 3.05) is 7.05 Å². The van der Waals surface area contributed by atoms with Crippen molar-refractivity contribution in [1.82, 2.24) is 15.5 Å². The minimum atomic E-state index is 0. The Morgan fingerprint density at radius 1 is 1.41 bits per heavy atom. The van der Waals surface area contributed by atoms with E-state index in [1.807, 2.05) is 7.05 Å². The third-order valence-corrected chi connectivity index (χ3v) is 5.23. The van der Waals surface area contributed by atoms with E-state index in [0.29, 0.717) is 12.0 Å². The van der Waals surface area contributed by atoms with E-state index in [-0.39, 0.29) is 17.8 Å². The minimum absolute atomic E-state index is 0. The Morgan fingerprint density at radius 2 is 2.23 bits per heavy atom. The highest BCUT2D eigenvalue weighted by atomic mass is 35.5. The van der Waals surface area contributed by atoms with E-state index in [2.05, 4.69) is 46.6 Å². The zero-order valence-corrected chi connectivity index (χ0v) is 13.8. The Bertz CT molecular complexity index is 671. The molecular formula is C17H22ClN3O. The third-order valence-electron chi connectivity index (χ3n) is 5.23. The molecule has 5 heteroatoms. The summed E-state index contributed by atoms with van der Waals surface area (Å²) in [5.41, 5.74) is 3.30. The molecule has 1 fully saturated rings. The Balaban J connectivity index is 0.00000144. The highest BCUT2D eigenvalue weighted by molar-refractivity contribution is 5.85. The van der Waals surface area contributed by atoms with Gasteiger partial charge in [-0.3, -0.25) is 0 Å². The first kappa shape index (κ1) is 15.5.